The van der Waals surface area contributed by atoms with E-state index in [2.05, 4.69) is 10.2 Å². The third-order valence-electron chi connectivity index (χ3n) is 5.80. The normalized spacial score (nSPS) is 19.8. The number of H-pyrrole nitrogens is 1. The molecule has 144 valence electrons. The maximum atomic E-state index is 14.2. The third kappa shape index (κ3) is 3.37. The summed E-state index contributed by atoms with van der Waals surface area (Å²) in [7, 11) is 0. The molecule has 1 atom stereocenters. The van der Waals surface area contributed by atoms with Crippen molar-refractivity contribution in [2.45, 2.75) is 64.0 Å². The maximum Gasteiger partial charge on any atom is 0.275 e. The number of carbonyl (C=O) groups is 1. The van der Waals surface area contributed by atoms with E-state index in [-0.39, 0.29) is 23.6 Å². The minimum Gasteiger partial charge on any atom is -0.332 e. The van der Waals surface area contributed by atoms with Crippen molar-refractivity contribution in [3.63, 3.8) is 0 Å². The quantitative estimate of drug-likeness (QED) is 0.849. The Balaban J connectivity index is 1.55. The van der Waals surface area contributed by atoms with Crippen LogP contribution >= 0.6 is 0 Å². The van der Waals surface area contributed by atoms with Crippen LogP contribution in [0.25, 0.3) is 0 Å². The second-order valence-electron chi connectivity index (χ2n) is 8.07. The number of nitrogens with zero attached hydrogens (tertiary/aromatic N) is 2. The highest BCUT2D eigenvalue weighted by atomic mass is 19.3. The Bertz CT molecular complexity index is 824. The van der Waals surface area contributed by atoms with E-state index in [1.165, 1.54) is 31.5 Å². The van der Waals surface area contributed by atoms with E-state index in [1.54, 1.807) is 12.1 Å². The second-order valence-corrected chi connectivity index (χ2v) is 8.07. The zero-order chi connectivity index (χ0) is 19.2. The molecular formula is C21H25F2N3O. The lowest BCUT2D eigenvalue weighted by atomic mass is 9.91. The van der Waals surface area contributed by atoms with Gasteiger partial charge in [0.2, 0.25) is 0 Å². The van der Waals surface area contributed by atoms with E-state index in [9.17, 15) is 13.6 Å². The Kier molecular flexibility index (Phi) is 4.52. The molecule has 0 spiro atoms. The number of aromatic nitrogens is 2. The first-order valence-electron chi connectivity index (χ1n) is 9.70. The number of benzene rings is 1. The summed E-state index contributed by atoms with van der Waals surface area (Å²) in [6.45, 7) is 3.00. The maximum absolute atomic E-state index is 14.2. The summed E-state index contributed by atoms with van der Waals surface area (Å²) in [5.74, 6) is -3.72. The number of hydrogen-bond acceptors (Lipinski definition) is 2. The molecule has 2 aromatic rings. The Morgan fingerprint density at radius 3 is 2.52 bits per heavy atom. The van der Waals surface area contributed by atoms with Gasteiger partial charge in [-0.3, -0.25) is 9.89 Å². The molecular weight excluding hydrogens is 348 g/mol. The number of alkyl halides is 2. The molecule has 27 heavy (non-hydrogen) atoms. The molecule has 1 fully saturated rings. The summed E-state index contributed by atoms with van der Waals surface area (Å²) in [5.41, 5.74) is 2.79. The van der Waals surface area contributed by atoms with E-state index in [0.717, 1.165) is 37.8 Å². The van der Waals surface area contributed by atoms with Crippen molar-refractivity contribution in [3.8, 4) is 0 Å². The Morgan fingerprint density at radius 1 is 1.19 bits per heavy atom. The summed E-state index contributed by atoms with van der Waals surface area (Å²) in [4.78, 5) is 15.2. The van der Waals surface area contributed by atoms with Gasteiger partial charge in [-0.25, -0.2) is 8.78 Å². The van der Waals surface area contributed by atoms with Gasteiger partial charge in [-0.05, 0) is 49.8 Å². The number of nitrogens with one attached hydrogen (secondary N) is 1. The molecule has 0 bridgehead atoms. The fraction of sp³-hybridized carbons (Fsp3) is 0.524. The van der Waals surface area contributed by atoms with Gasteiger partial charge in [0.15, 0.2) is 0 Å². The first-order valence-corrected chi connectivity index (χ1v) is 9.70. The fourth-order valence-electron chi connectivity index (χ4n) is 3.93. The molecule has 0 saturated heterocycles. The van der Waals surface area contributed by atoms with Gasteiger partial charge >= 0.3 is 0 Å². The number of carbonyl (C=O) groups excluding carboxylic acids is 1. The zero-order valence-electron chi connectivity index (χ0n) is 15.7. The van der Waals surface area contributed by atoms with Crippen LogP contribution in [0.1, 0.15) is 60.3 Å². The molecule has 2 aliphatic carbocycles. The highest BCUT2D eigenvalue weighted by molar-refractivity contribution is 5.95. The predicted molar refractivity (Wildman–Crippen MR) is 98.8 cm³/mol. The van der Waals surface area contributed by atoms with Crippen LogP contribution in [0.2, 0.25) is 0 Å². The minimum absolute atomic E-state index is 0.0345. The van der Waals surface area contributed by atoms with Crippen molar-refractivity contribution in [1.82, 2.24) is 15.1 Å². The highest BCUT2D eigenvalue weighted by Gasteiger charge is 2.40. The van der Waals surface area contributed by atoms with Gasteiger partial charge in [-0.15, -0.1) is 0 Å². The first-order chi connectivity index (χ1) is 12.9. The van der Waals surface area contributed by atoms with Crippen LogP contribution < -0.4 is 0 Å². The largest absolute Gasteiger partial charge is 0.332 e. The van der Waals surface area contributed by atoms with Gasteiger partial charge in [0, 0.05) is 34.8 Å². The average molecular weight is 373 g/mol. The summed E-state index contributed by atoms with van der Waals surface area (Å²) < 4.78 is 28.4. The molecule has 1 saturated carbocycles. The van der Waals surface area contributed by atoms with Gasteiger partial charge in [-0.2, -0.15) is 5.10 Å². The number of fused-ring (bicyclic) bond motifs is 1. The first kappa shape index (κ1) is 18.1. The Hall–Kier alpha value is -2.24. The monoisotopic (exact) mass is 373 g/mol. The van der Waals surface area contributed by atoms with Crippen LogP contribution in [0.4, 0.5) is 8.78 Å². The fourth-order valence-corrected chi connectivity index (χ4v) is 3.93. The summed E-state index contributed by atoms with van der Waals surface area (Å²) >= 11 is 0. The lowest BCUT2D eigenvalue weighted by Gasteiger charge is -2.34. The van der Waals surface area contributed by atoms with Crippen LogP contribution in [0.5, 0.6) is 0 Å². The topological polar surface area (TPSA) is 49.0 Å². The van der Waals surface area contributed by atoms with Crippen molar-refractivity contribution < 1.29 is 13.6 Å². The van der Waals surface area contributed by atoms with Crippen molar-refractivity contribution in [3.05, 3.63) is 52.8 Å². The zero-order valence-corrected chi connectivity index (χ0v) is 15.7. The van der Waals surface area contributed by atoms with Crippen LogP contribution in [-0.2, 0) is 18.8 Å². The molecule has 6 heteroatoms. The van der Waals surface area contributed by atoms with Crippen LogP contribution in [-0.4, -0.2) is 33.1 Å². The standard InChI is InChI=1S/C21H25F2N3O/c1-13(2)21(22,23)16-5-3-14(4-6-16)20(27)26(17-7-8-17)18-9-10-19-15(11-18)12-24-25-19/h3-6,12-13,17-18H,7-11H2,1-2H3,(H,24,25). The molecule has 1 heterocycles. The highest BCUT2D eigenvalue weighted by Crippen LogP contribution is 2.37. The van der Waals surface area contributed by atoms with E-state index in [1.807, 2.05) is 11.1 Å². The molecule has 1 unspecified atom stereocenters. The van der Waals surface area contributed by atoms with E-state index in [4.69, 9.17) is 0 Å². The molecule has 0 radical (unpaired) electrons. The summed E-state index contributed by atoms with van der Waals surface area (Å²) in [5, 5.41) is 7.14. The van der Waals surface area contributed by atoms with Gasteiger partial charge in [0.05, 0.1) is 6.20 Å². The van der Waals surface area contributed by atoms with Crippen molar-refractivity contribution in [2.75, 3.05) is 0 Å². The molecule has 1 N–H and O–H groups in total. The van der Waals surface area contributed by atoms with Gasteiger partial charge in [0.25, 0.3) is 11.8 Å². The minimum atomic E-state index is -2.89. The number of amides is 1. The van der Waals surface area contributed by atoms with Crippen molar-refractivity contribution >= 4 is 5.91 Å². The van der Waals surface area contributed by atoms with Crippen molar-refractivity contribution in [2.24, 2.45) is 5.92 Å². The number of hydrogen-bond donors (Lipinski definition) is 1. The van der Waals surface area contributed by atoms with Crippen LogP contribution in [0, 0.1) is 5.92 Å². The SMILES string of the molecule is CC(C)C(F)(F)c1ccc(C(=O)N(C2CC2)C2CCc3[nH]ncc3C2)cc1. The molecule has 4 nitrogen and oxygen atoms in total. The van der Waals surface area contributed by atoms with Gasteiger partial charge < -0.3 is 4.90 Å². The molecule has 1 aromatic heterocycles. The predicted octanol–water partition coefficient (Wildman–Crippen LogP) is 4.32. The molecule has 1 amide bonds. The molecule has 4 rings (SSSR count). The smallest absolute Gasteiger partial charge is 0.275 e. The van der Waals surface area contributed by atoms with E-state index >= 15 is 0 Å². The number of rotatable bonds is 5. The summed E-state index contributed by atoms with van der Waals surface area (Å²) in [6.07, 6.45) is 6.47. The third-order valence-corrected chi connectivity index (χ3v) is 5.80. The van der Waals surface area contributed by atoms with E-state index < -0.39 is 11.8 Å². The molecule has 1 aromatic carbocycles. The number of aromatic amines is 1. The summed E-state index contributed by atoms with van der Waals surface area (Å²) in [6, 6.07) is 6.31. The molecule has 0 aliphatic heterocycles. The van der Waals surface area contributed by atoms with Crippen LogP contribution in [0.3, 0.4) is 0 Å². The lowest BCUT2D eigenvalue weighted by molar-refractivity contribution is -0.0514. The number of halogens is 2. The van der Waals surface area contributed by atoms with Gasteiger partial charge in [0.1, 0.15) is 0 Å². The Morgan fingerprint density at radius 2 is 1.89 bits per heavy atom. The average Bonchev–Trinajstić information content (AvgIpc) is 3.37. The molecule has 2 aliphatic rings. The Labute approximate surface area is 158 Å². The second kappa shape index (κ2) is 6.73. The van der Waals surface area contributed by atoms with Crippen molar-refractivity contribution in [1.29, 1.82) is 0 Å². The lowest BCUT2D eigenvalue weighted by Crippen LogP contribution is -2.44. The van der Waals surface area contributed by atoms with Gasteiger partial charge in [-0.1, -0.05) is 26.0 Å². The van der Waals surface area contributed by atoms with E-state index in [0.29, 0.717) is 5.56 Å². The number of aryl methyl sites for hydroxylation is 1. The van der Waals surface area contributed by atoms with Crippen LogP contribution in [0.15, 0.2) is 30.5 Å².